The molecule has 0 saturated carbocycles. The van der Waals surface area contributed by atoms with Gasteiger partial charge in [0.25, 0.3) is 5.91 Å². The van der Waals surface area contributed by atoms with Crippen molar-refractivity contribution in [1.29, 1.82) is 0 Å². The number of amides is 2. The first-order chi connectivity index (χ1) is 12.7. The molecule has 144 valence electrons. The first-order valence-electron chi connectivity index (χ1n) is 9.11. The highest BCUT2D eigenvalue weighted by molar-refractivity contribution is 5.96. The number of nitrogens with zero attached hydrogens (tertiary/aromatic N) is 1. The predicted octanol–water partition coefficient (Wildman–Crippen LogP) is 3.90. The van der Waals surface area contributed by atoms with Gasteiger partial charge in [0, 0.05) is 18.7 Å². The van der Waals surface area contributed by atoms with Crippen LogP contribution >= 0.6 is 0 Å². The van der Waals surface area contributed by atoms with Gasteiger partial charge in [0.15, 0.2) is 0 Å². The molecule has 0 spiro atoms. The zero-order chi connectivity index (χ0) is 20.0. The van der Waals surface area contributed by atoms with E-state index in [4.69, 9.17) is 0 Å². The minimum Gasteiger partial charge on any atom is -0.350 e. The third-order valence-electron chi connectivity index (χ3n) is 4.40. The molecule has 27 heavy (non-hydrogen) atoms. The molecule has 0 fully saturated rings. The monoisotopic (exact) mass is 370 g/mol. The summed E-state index contributed by atoms with van der Waals surface area (Å²) < 4.78 is 12.9. The van der Waals surface area contributed by atoms with E-state index in [1.165, 1.54) is 17.0 Å². The van der Waals surface area contributed by atoms with Gasteiger partial charge in [-0.2, -0.15) is 0 Å². The zero-order valence-electron chi connectivity index (χ0n) is 16.4. The van der Waals surface area contributed by atoms with E-state index in [2.05, 4.69) is 26.1 Å². The Hall–Kier alpha value is -2.69. The van der Waals surface area contributed by atoms with Crippen molar-refractivity contribution in [1.82, 2.24) is 10.2 Å². The number of hydrogen-bond acceptors (Lipinski definition) is 2. The SMILES string of the molecule is CCN(CC(=O)NCc1ccc(F)cc1)C(=O)c1ccc(C(C)(C)C)cc1. The van der Waals surface area contributed by atoms with E-state index >= 15 is 0 Å². The molecule has 0 saturated heterocycles. The topological polar surface area (TPSA) is 49.4 Å². The minimum absolute atomic E-state index is 0.0163. The highest BCUT2D eigenvalue weighted by Gasteiger charge is 2.19. The lowest BCUT2D eigenvalue weighted by atomic mass is 9.86. The van der Waals surface area contributed by atoms with Crippen molar-refractivity contribution in [3.8, 4) is 0 Å². The normalized spacial score (nSPS) is 11.1. The Bertz CT molecular complexity index is 777. The van der Waals surface area contributed by atoms with Crippen molar-refractivity contribution in [3.05, 3.63) is 71.0 Å². The molecule has 2 rings (SSSR count). The van der Waals surface area contributed by atoms with Crippen LogP contribution in [0.1, 0.15) is 49.2 Å². The minimum atomic E-state index is -0.315. The van der Waals surface area contributed by atoms with Crippen LogP contribution < -0.4 is 5.32 Å². The van der Waals surface area contributed by atoms with Gasteiger partial charge in [-0.05, 0) is 47.7 Å². The summed E-state index contributed by atoms with van der Waals surface area (Å²) in [5.74, 6) is -0.735. The molecule has 0 aromatic heterocycles. The standard InChI is InChI=1S/C22H27FN2O2/c1-5-25(15-20(26)24-14-16-6-12-19(23)13-7-16)21(27)17-8-10-18(11-9-17)22(2,3)4/h6-13H,5,14-15H2,1-4H3,(H,24,26). The predicted molar refractivity (Wildman–Crippen MR) is 105 cm³/mol. The highest BCUT2D eigenvalue weighted by atomic mass is 19.1. The van der Waals surface area contributed by atoms with Gasteiger partial charge in [0.2, 0.25) is 5.91 Å². The van der Waals surface area contributed by atoms with Crippen LogP contribution in [0.4, 0.5) is 4.39 Å². The van der Waals surface area contributed by atoms with Crippen molar-refractivity contribution >= 4 is 11.8 Å². The van der Waals surface area contributed by atoms with Crippen LogP contribution in [0, 0.1) is 5.82 Å². The molecule has 2 aromatic rings. The average molecular weight is 370 g/mol. The highest BCUT2D eigenvalue weighted by Crippen LogP contribution is 2.22. The van der Waals surface area contributed by atoms with Crippen LogP contribution in [-0.2, 0) is 16.8 Å². The number of hydrogen-bond donors (Lipinski definition) is 1. The largest absolute Gasteiger partial charge is 0.350 e. The Morgan fingerprint density at radius 3 is 2.11 bits per heavy atom. The Kier molecular flexibility index (Phi) is 6.72. The summed E-state index contributed by atoms with van der Waals surface area (Å²) in [5.41, 5.74) is 2.54. The molecule has 2 aromatic carbocycles. The van der Waals surface area contributed by atoms with Gasteiger partial charge < -0.3 is 10.2 Å². The summed E-state index contributed by atoms with van der Waals surface area (Å²) in [6.45, 7) is 8.91. The summed E-state index contributed by atoms with van der Waals surface area (Å²) in [6.07, 6.45) is 0. The molecule has 5 heteroatoms. The van der Waals surface area contributed by atoms with Crippen molar-refractivity contribution in [2.24, 2.45) is 0 Å². The third kappa shape index (κ3) is 5.91. The maximum absolute atomic E-state index is 12.9. The molecular weight excluding hydrogens is 343 g/mol. The van der Waals surface area contributed by atoms with Crippen LogP contribution in [0.5, 0.6) is 0 Å². The second kappa shape index (κ2) is 8.80. The van der Waals surface area contributed by atoms with Gasteiger partial charge in [0.05, 0.1) is 6.54 Å². The van der Waals surface area contributed by atoms with Crippen molar-refractivity contribution in [2.75, 3.05) is 13.1 Å². The fourth-order valence-electron chi connectivity index (χ4n) is 2.65. The van der Waals surface area contributed by atoms with E-state index in [-0.39, 0.29) is 29.6 Å². The Labute approximate surface area is 160 Å². The van der Waals surface area contributed by atoms with Gasteiger partial charge >= 0.3 is 0 Å². The Balaban J connectivity index is 1.95. The smallest absolute Gasteiger partial charge is 0.254 e. The van der Waals surface area contributed by atoms with E-state index < -0.39 is 0 Å². The second-order valence-electron chi connectivity index (χ2n) is 7.55. The lowest BCUT2D eigenvalue weighted by molar-refractivity contribution is -0.121. The first-order valence-corrected chi connectivity index (χ1v) is 9.11. The van der Waals surface area contributed by atoms with Crippen LogP contribution in [0.15, 0.2) is 48.5 Å². The molecule has 0 aliphatic heterocycles. The molecule has 0 heterocycles. The van der Waals surface area contributed by atoms with E-state index in [0.717, 1.165) is 11.1 Å². The van der Waals surface area contributed by atoms with Crippen molar-refractivity contribution in [3.63, 3.8) is 0 Å². The summed E-state index contributed by atoms with van der Waals surface area (Å²) in [4.78, 5) is 26.4. The van der Waals surface area contributed by atoms with Gasteiger partial charge in [0.1, 0.15) is 5.82 Å². The van der Waals surface area contributed by atoms with Gasteiger partial charge in [-0.3, -0.25) is 9.59 Å². The number of carbonyl (C=O) groups is 2. The quantitative estimate of drug-likeness (QED) is 0.838. The molecule has 0 aliphatic rings. The molecule has 0 radical (unpaired) electrons. The number of benzene rings is 2. The van der Waals surface area contributed by atoms with E-state index in [1.807, 2.05) is 31.2 Å². The fraction of sp³-hybridized carbons (Fsp3) is 0.364. The molecule has 0 unspecified atom stereocenters. The maximum atomic E-state index is 12.9. The summed E-state index contributed by atoms with van der Waals surface area (Å²) in [6, 6.07) is 13.5. The first kappa shape index (κ1) is 20.6. The Morgan fingerprint density at radius 2 is 1.59 bits per heavy atom. The zero-order valence-corrected chi connectivity index (χ0v) is 16.4. The summed E-state index contributed by atoms with van der Waals surface area (Å²) in [7, 11) is 0. The second-order valence-corrected chi connectivity index (χ2v) is 7.55. The average Bonchev–Trinajstić information content (AvgIpc) is 2.64. The van der Waals surface area contributed by atoms with Gasteiger partial charge in [-0.25, -0.2) is 4.39 Å². The number of nitrogens with one attached hydrogen (secondary N) is 1. The van der Waals surface area contributed by atoms with E-state index in [1.54, 1.807) is 12.1 Å². The van der Waals surface area contributed by atoms with Crippen LogP contribution in [0.2, 0.25) is 0 Å². The summed E-state index contributed by atoms with van der Waals surface area (Å²) in [5, 5.41) is 2.76. The maximum Gasteiger partial charge on any atom is 0.254 e. The number of carbonyl (C=O) groups excluding carboxylic acids is 2. The van der Waals surface area contributed by atoms with Gasteiger partial charge in [-0.1, -0.05) is 45.0 Å². The molecule has 4 nitrogen and oxygen atoms in total. The molecule has 2 amide bonds. The number of rotatable bonds is 6. The third-order valence-corrected chi connectivity index (χ3v) is 4.40. The summed E-state index contributed by atoms with van der Waals surface area (Å²) >= 11 is 0. The molecule has 0 bridgehead atoms. The lowest BCUT2D eigenvalue weighted by Crippen LogP contribution is -2.40. The number of halogens is 1. The van der Waals surface area contributed by atoms with Crippen LogP contribution in [0.3, 0.4) is 0 Å². The molecular formula is C22H27FN2O2. The molecule has 0 aliphatic carbocycles. The van der Waals surface area contributed by atoms with E-state index in [9.17, 15) is 14.0 Å². The lowest BCUT2D eigenvalue weighted by Gasteiger charge is -2.22. The van der Waals surface area contributed by atoms with Crippen molar-refractivity contribution < 1.29 is 14.0 Å². The van der Waals surface area contributed by atoms with Crippen LogP contribution in [-0.4, -0.2) is 29.8 Å². The van der Waals surface area contributed by atoms with Crippen molar-refractivity contribution in [2.45, 2.75) is 39.7 Å². The molecule has 1 N–H and O–H groups in total. The molecule has 0 atom stereocenters. The van der Waals surface area contributed by atoms with E-state index in [0.29, 0.717) is 18.7 Å². The number of likely N-dealkylation sites (N-methyl/N-ethyl adjacent to an activating group) is 1. The Morgan fingerprint density at radius 1 is 1.00 bits per heavy atom. The van der Waals surface area contributed by atoms with Gasteiger partial charge in [-0.15, -0.1) is 0 Å². The fourth-order valence-corrected chi connectivity index (χ4v) is 2.65. The van der Waals surface area contributed by atoms with Crippen LogP contribution in [0.25, 0.3) is 0 Å².